The molecule has 0 radical (unpaired) electrons. The van der Waals surface area contributed by atoms with Gasteiger partial charge in [-0.05, 0) is 38.8 Å². The average molecular weight is 283 g/mol. The lowest BCUT2D eigenvalue weighted by Crippen LogP contribution is -2.40. The van der Waals surface area contributed by atoms with Crippen LogP contribution in [-0.4, -0.2) is 36.6 Å². The number of thiazole rings is 1. The lowest BCUT2D eigenvalue weighted by molar-refractivity contribution is 0.176. The summed E-state index contributed by atoms with van der Waals surface area (Å²) in [7, 11) is 2.22. The van der Waals surface area contributed by atoms with E-state index in [1.54, 1.807) is 11.3 Å². The van der Waals surface area contributed by atoms with Crippen LogP contribution < -0.4 is 5.32 Å². The molecule has 1 aromatic rings. The van der Waals surface area contributed by atoms with E-state index in [2.05, 4.69) is 49.9 Å². The number of aromatic nitrogens is 1. The summed E-state index contributed by atoms with van der Waals surface area (Å²) in [4.78, 5) is 8.15. The Morgan fingerprint density at radius 1 is 1.42 bits per heavy atom. The first-order valence-corrected chi connectivity index (χ1v) is 8.17. The van der Waals surface area contributed by atoms with Gasteiger partial charge in [-0.3, -0.25) is 0 Å². The Morgan fingerprint density at radius 3 is 2.68 bits per heavy atom. The molecule has 110 valence electrons. The van der Waals surface area contributed by atoms with Gasteiger partial charge in [-0.1, -0.05) is 20.8 Å². The van der Waals surface area contributed by atoms with Crippen LogP contribution in [0.5, 0.6) is 0 Å². The van der Waals surface area contributed by atoms with Crippen LogP contribution in [0.25, 0.3) is 0 Å². The second-order valence-corrected chi connectivity index (χ2v) is 6.81. The standard InChI is InChI=1S/C15H29N3S/c1-6-8-16-10-15(4,7-2)11-18(5)9-14-13(3)17-12-19-14/h12,16H,6-11H2,1-5H3. The molecule has 0 aromatic carbocycles. The Labute approximate surface area is 122 Å². The third-order valence-electron chi connectivity index (χ3n) is 3.74. The maximum atomic E-state index is 4.33. The van der Waals surface area contributed by atoms with Crippen LogP contribution in [0.15, 0.2) is 5.51 Å². The van der Waals surface area contributed by atoms with Gasteiger partial charge < -0.3 is 10.2 Å². The summed E-state index contributed by atoms with van der Waals surface area (Å²) in [6, 6.07) is 0. The molecule has 1 heterocycles. The van der Waals surface area contributed by atoms with Crippen LogP contribution >= 0.6 is 11.3 Å². The summed E-state index contributed by atoms with van der Waals surface area (Å²) in [5.74, 6) is 0. The molecule has 1 rings (SSSR count). The van der Waals surface area contributed by atoms with E-state index < -0.39 is 0 Å². The molecule has 0 amide bonds. The van der Waals surface area contributed by atoms with Crippen LogP contribution in [0.1, 0.15) is 44.2 Å². The third kappa shape index (κ3) is 5.59. The first kappa shape index (κ1) is 16.6. The lowest BCUT2D eigenvalue weighted by Gasteiger charge is -2.33. The monoisotopic (exact) mass is 283 g/mol. The van der Waals surface area contributed by atoms with Crippen LogP contribution in [0, 0.1) is 12.3 Å². The van der Waals surface area contributed by atoms with E-state index in [-0.39, 0.29) is 0 Å². The van der Waals surface area contributed by atoms with Crippen molar-refractivity contribution in [3.05, 3.63) is 16.1 Å². The molecule has 1 atom stereocenters. The Hall–Kier alpha value is -0.450. The summed E-state index contributed by atoms with van der Waals surface area (Å²) < 4.78 is 0. The largest absolute Gasteiger partial charge is 0.316 e. The van der Waals surface area contributed by atoms with E-state index in [0.29, 0.717) is 5.41 Å². The Kier molecular flexibility index (Phi) is 6.97. The Morgan fingerprint density at radius 2 is 2.16 bits per heavy atom. The van der Waals surface area contributed by atoms with Gasteiger partial charge in [-0.2, -0.15) is 0 Å². The highest BCUT2D eigenvalue weighted by atomic mass is 32.1. The van der Waals surface area contributed by atoms with Crippen molar-refractivity contribution in [3.8, 4) is 0 Å². The van der Waals surface area contributed by atoms with Crippen molar-refractivity contribution in [2.24, 2.45) is 5.41 Å². The Balaban J connectivity index is 2.47. The summed E-state index contributed by atoms with van der Waals surface area (Å²) in [5.41, 5.74) is 3.47. The lowest BCUT2D eigenvalue weighted by atomic mass is 9.86. The molecule has 0 aliphatic carbocycles. The molecule has 3 nitrogen and oxygen atoms in total. The summed E-state index contributed by atoms with van der Waals surface area (Å²) in [5, 5.41) is 3.57. The average Bonchev–Trinajstić information content (AvgIpc) is 2.75. The zero-order chi connectivity index (χ0) is 14.3. The van der Waals surface area contributed by atoms with Gasteiger partial charge in [0.25, 0.3) is 0 Å². The fourth-order valence-corrected chi connectivity index (χ4v) is 3.15. The zero-order valence-electron chi connectivity index (χ0n) is 13.1. The van der Waals surface area contributed by atoms with Gasteiger partial charge in [0.15, 0.2) is 0 Å². The summed E-state index contributed by atoms with van der Waals surface area (Å²) in [6.07, 6.45) is 2.41. The molecule has 0 aliphatic rings. The third-order valence-corrected chi connectivity index (χ3v) is 4.66. The van der Waals surface area contributed by atoms with Gasteiger partial charge in [0, 0.05) is 24.5 Å². The fourth-order valence-electron chi connectivity index (χ4n) is 2.29. The fraction of sp³-hybridized carbons (Fsp3) is 0.800. The molecular formula is C15H29N3S. The molecular weight excluding hydrogens is 254 g/mol. The minimum absolute atomic E-state index is 0.350. The van der Waals surface area contributed by atoms with Crippen molar-refractivity contribution in [2.75, 3.05) is 26.7 Å². The first-order valence-electron chi connectivity index (χ1n) is 7.29. The molecule has 0 fully saturated rings. The minimum Gasteiger partial charge on any atom is -0.316 e. The van der Waals surface area contributed by atoms with E-state index >= 15 is 0 Å². The second kappa shape index (κ2) is 7.98. The molecule has 0 spiro atoms. The van der Waals surface area contributed by atoms with Crippen LogP contribution in [0.2, 0.25) is 0 Å². The summed E-state index contributed by atoms with van der Waals surface area (Å²) >= 11 is 1.76. The molecule has 0 saturated heterocycles. The number of nitrogens with one attached hydrogen (secondary N) is 1. The van der Waals surface area contributed by atoms with E-state index in [1.807, 2.05) is 5.51 Å². The van der Waals surface area contributed by atoms with Gasteiger partial charge in [0.2, 0.25) is 0 Å². The highest BCUT2D eigenvalue weighted by Gasteiger charge is 2.23. The molecule has 1 aromatic heterocycles. The predicted octanol–water partition coefficient (Wildman–Crippen LogP) is 3.30. The SMILES string of the molecule is CCCNCC(C)(CC)CN(C)Cc1scnc1C. The van der Waals surface area contributed by atoms with Crippen molar-refractivity contribution in [1.82, 2.24) is 15.2 Å². The molecule has 0 aliphatic heterocycles. The normalized spacial score (nSPS) is 14.8. The predicted molar refractivity (Wildman–Crippen MR) is 84.7 cm³/mol. The minimum atomic E-state index is 0.350. The molecule has 1 N–H and O–H groups in total. The molecule has 4 heteroatoms. The highest BCUT2D eigenvalue weighted by molar-refractivity contribution is 7.09. The number of hydrogen-bond donors (Lipinski definition) is 1. The number of nitrogens with zero attached hydrogens (tertiary/aromatic N) is 2. The van der Waals surface area contributed by atoms with E-state index in [1.165, 1.54) is 23.4 Å². The van der Waals surface area contributed by atoms with Crippen molar-refractivity contribution < 1.29 is 0 Å². The summed E-state index contributed by atoms with van der Waals surface area (Å²) in [6.45, 7) is 13.3. The van der Waals surface area contributed by atoms with Crippen molar-refractivity contribution >= 4 is 11.3 Å². The van der Waals surface area contributed by atoms with Crippen LogP contribution in [-0.2, 0) is 6.54 Å². The van der Waals surface area contributed by atoms with Gasteiger partial charge in [-0.25, -0.2) is 4.98 Å². The van der Waals surface area contributed by atoms with Gasteiger partial charge in [0.05, 0.1) is 11.2 Å². The highest BCUT2D eigenvalue weighted by Crippen LogP contribution is 2.23. The van der Waals surface area contributed by atoms with Crippen molar-refractivity contribution in [1.29, 1.82) is 0 Å². The molecule has 19 heavy (non-hydrogen) atoms. The quantitative estimate of drug-likeness (QED) is 0.705. The van der Waals surface area contributed by atoms with Crippen LogP contribution in [0.4, 0.5) is 0 Å². The second-order valence-electron chi connectivity index (χ2n) is 5.87. The molecule has 0 saturated carbocycles. The van der Waals surface area contributed by atoms with Crippen molar-refractivity contribution in [3.63, 3.8) is 0 Å². The van der Waals surface area contributed by atoms with Gasteiger partial charge in [-0.15, -0.1) is 11.3 Å². The zero-order valence-corrected chi connectivity index (χ0v) is 13.9. The van der Waals surface area contributed by atoms with E-state index in [9.17, 15) is 0 Å². The maximum Gasteiger partial charge on any atom is 0.0798 e. The maximum absolute atomic E-state index is 4.33. The number of rotatable bonds is 9. The Bertz CT molecular complexity index is 364. The van der Waals surface area contributed by atoms with E-state index in [0.717, 1.165) is 26.2 Å². The first-order chi connectivity index (χ1) is 9.00. The van der Waals surface area contributed by atoms with Crippen molar-refractivity contribution in [2.45, 2.75) is 47.1 Å². The smallest absolute Gasteiger partial charge is 0.0798 e. The number of aryl methyl sites for hydroxylation is 1. The van der Waals surface area contributed by atoms with E-state index in [4.69, 9.17) is 0 Å². The van der Waals surface area contributed by atoms with Crippen LogP contribution in [0.3, 0.4) is 0 Å². The molecule has 1 unspecified atom stereocenters. The van der Waals surface area contributed by atoms with Gasteiger partial charge >= 0.3 is 0 Å². The van der Waals surface area contributed by atoms with Gasteiger partial charge in [0.1, 0.15) is 0 Å². The topological polar surface area (TPSA) is 28.2 Å². The number of hydrogen-bond acceptors (Lipinski definition) is 4. The molecule has 0 bridgehead atoms.